The van der Waals surface area contributed by atoms with Crippen molar-refractivity contribution in [2.75, 3.05) is 33.5 Å². The second-order valence-corrected chi connectivity index (χ2v) is 2.93. The zero-order valence-electron chi connectivity index (χ0n) is 9.53. The number of carbonyl (C=O) groups excluding carboxylic acids is 1. The molecule has 0 spiro atoms. The Morgan fingerprint density at radius 1 is 1.20 bits per heavy atom. The second-order valence-electron chi connectivity index (χ2n) is 2.93. The van der Waals surface area contributed by atoms with Gasteiger partial charge in [0.2, 0.25) is 0 Å². The predicted molar refractivity (Wildman–Crippen MR) is 57.7 cm³/mol. The molecule has 0 saturated heterocycles. The Hall–Kier alpha value is -0.870. The van der Waals surface area contributed by atoms with Gasteiger partial charge in [-0.15, -0.1) is 0 Å². The van der Waals surface area contributed by atoms with Crippen LogP contribution >= 0.6 is 0 Å². The summed E-state index contributed by atoms with van der Waals surface area (Å²) in [5.74, 6) is -0.323. The Kier molecular flexibility index (Phi) is 10.6. The van der Waals surface area contributed by atoms with Crippen LogP contribution < -0.4 is 0 Å². The van der Waals surface area contributed by atoms with Crippen molar-refractivity contribution >= 4 is 5.97 Å². The largest absolute Gasteiger partial charge is 0.464 e. The van der Waals surface area contributed by atoms with Crippen LogP contribution in [0.15, 0.2) is 12.2 Å². The van der Waals surface area contributed by atoms with Crippen molar-refractivity contribution in [2.45, 2.75) is 19.8 Å². The molecule has 0 aliphatic heterocycles. The van der Waals surface area contributed by atoms with E-state index in [1.165, 1.54) is 0 Å². The molecule has 0 fully saturated rings. The molecule has 0 heterocycles. The van der Waals surface area contributed by atoms with Gasteiger partial charge in [-0.1, -0.05) is 19.1 Å². The highest BCUT2D eigenvalue weighted by atomic mass is 16.6. The minimum absolute atomic E-state index is 0.000845. The highest BCUT2D eigenvalue weighted by Gasteiger charge is 2.00. The first-order valence-corrected chi connectivity index (χ1v) is 5.18. The van der Waals surface area contributed by atoms with Gasteiger partial charge in [-0.25, -0.2) is 4.79 Å². The molecule has 0 saturated carbocycles. The second kappa shape index (κ2) is 11.2. The maximum atomic E-state index is 11.0. The minimum Gasteiger partial charge on any atom is -0.464 e. The number of esters is 1. The van der Waals surface area contributed by atoms with Crippen LogP contribution in [0.25, 0.3) is 0 Å². The Morgan fingerprint density at radius 2 is 2.00 bits per heavy atom. The molecule has 15 heavy (non-hydrogen) atoms. The molecule has 0 rings (SSSR count). The van der Waals surface area contributed by atoms with Gasteiger partial charge in [0.25, 0.3) is 0 Å². The van der Waals surface area contributed by atoms with Crippen molar-refractivity contribution in [1.82, 2.24) is 0 Å². The molecular weight excluding hydrogens is 196 g/mol. The normalized spacial score (nSPS) is 10.8. The molecular formula is C11H20O4. The lowest BCUT2D eigenvalue weighted by Crippen LogP contribution is -2.15. The van der Waals surface area contributed by atoms with Crippen LogP contribution in [0.2, 0.25) is 0 Å². The van der Waals surface area contributed by atoms with Crippen LogP contribution in [0.5, 0.6) is 0 Å². The average molecular weight is 216 g/mol. The Bertz CT molecular complexity index is 177. The molecule has 0 amide bonds. The van der Waals surface area contributed by atoms with E-state index in [4.69, 9.17) is 14.2 Å². The van der Waals surface area contributed by atoms with Gasteiger partial charge >= 0.3 is 5.97 Å². The fourth-order valence-corrected chi connectivity index (χ4v) is 0.865. The predicted octanol–water partition coefficient (Wildman–Crippen LogP) is 1.55. The number of carbonyl (C=O) groups is 1. The van der Waals surface area contributed by atoms with Gasteiger partial charge in [0, 0.05) is 7.11 Å². The molecule has 0 radical (unpaired) electrons. The van der Waals surface area contributed by atoms with E-state index in [1.54, 1.807) is 7.11 Å². The van der Waals surface area contributed by atoms with Crippen molar-refractivity contribution in [3.05, 3.63) is 12.2 Å². The standard InChI is InChI=1S/C11H20O4/c1-3-4-5-6-7-15-11(12)10-14-9-8-13-2/h4-5H,3,6-10H2,1-2H3/b5-4+. The molecule has 0 unspecified atom stereocenters. The molecule has 0 atom stereocenters. The molecule has 0 aliphatic rings. The smallest absolute Gasteiger partial charge is 0.332 e. The van der Waals surface area contributed by atoms with E-state index in [1.807, 2.05) is 12.2 Å². The van der Waals surface area contributed by atoms with Crippen LogP contribution in [0.4, 0.5) is 0 Å². The summed E-state index contributed by atoms with van der Waals surface area (Å²) in [6.07, 6.45) is 5.81. The maximum Gasteiger partial charge on any atom is 0.332 e. The summed E-state index contributed by atoms with van der Waals surface area (Å²) in [6, 6.07) is 0. The molecule has 0 aliphatic carbocycles. The number of ether oxygens (including phenoxy) is 3. The first-order valence-electron chi connectivity index (χ1n) is 5.18. The first-order chi connectivity index (χ1) is 7.31. The van der Waals surface area contributed by atoms with Crippen LogP contribution in [0.1, 0.15) is 19.8 Å². The van der Waals surface area contributed by atoms with Gasteiger partial charge in [0.1, 0.15) is 6.61 Å². The highest BCUT2D eigenvalue weighted by molar-refractivity contribution is 5.70. The van der Waals surface area contributed by atoms with E-state index in [0.717, 1.165) is 12.8 Å². The van der Waals surface area contributed by atoms with E-state index in [-0.39, 0.29) is 12.6 Å². The van der Waals surface area contributed by atoms with Crippen molar-refractivity contribution in [3.63, 3.8) is 0 Å². The SMILES string of the molecule is CC/C=C/CCOC(=O)COCCOC. The summed E-state index contributed by atoms with van der Waals surface area (Å²) in [6.45, 7) is 3.39. The third kappa shape index (κ3) is 11.1. The molecule has 88 valence electrons. The van der Waals surface area contributed by atoms with E-state index >= 15 is 0 Å². The summed E-state index contributed by atoms with van der Waals surface area (Å²) in [7, 11) is 1.59. The zero-order chi connectivity index (χ0) is 11.4. The number of methoxy groups -OCH3 is 1. The van der Waals surface area contributed by atoms with E-state index in [2.05, 4.69) is 6.92 Å². The van der Waals surface area contributed by atoms with Crippen molar-refractivity contribution in [1.29, 1.82) is 0 Å². The Morgan fingerprint density at radius 3 is 2.67 bits per heavy atom. The average Bonchev–Trinajstić information content (AvgIpc) is 2.24. The molecule has 0 bridgehead atoms. The molecule has 4 heteroatoms. The molecule has 0 aromatic heterocycles. The summed E-state index contributed by atoms with van der Waals surface area (Å²) in [4.78, 5) is 11.0. The van der Waals surface area contributed by atoms with Crippen LogP contribution in [0.3, 0.4) is 0 Å². The van der Waals surface area contributed by atoms with Crippen molar-refractivity contribution in [3.8, 4) is 0 Å². The number of hydrogen-bond acceptors (Lipinski definition) is 4. The topological polar surface area (TPSA) is 44.8 Å². The van der Waals surface area contributed by atoms with Gasteiger partial charge in [-0.2, -0.15) is 0 Å². The van der Waals surface area contributed by atoms with Crippen molar-refractivity contribution < 1.29 is 19.0 Å². The maximum absolute atomic E-state index is 11.0. The van der Waals surface area contributed by atoms with Crippen LogP contribution in [-0.2, 0) is 19.0 Å². The molecule has 4 nitrogen and oxygen atoms in total. The third-order valence-corrected chi connectivity index (χ3v) is 1.60. The number of rotatable bonds is 9. The van der Waals surface area contributed by atoms with Gasteiger partial charge < -0.3 is 14.2 Å². The van der Waals surface area contributed by atoms with Gasteiger partial charge in [0.05, 0.1) is 19.8 Å². The lowest BCUT2D eigenvalue weighted by Gasteiger charge is -2.03. The zero-order valence-corrected chi connectivity index (χ0v) is 9.53. The van der Waals surface area contributed by atoms with Crippen molar-refractivity contribution in [2.24, 2.45) is 0 Å². The molecule has 0 aromatic carbocycles. The minimum atomic E-state index is -0.323. The fourth-order valence-electron chi connectivity index (χ4n) is 0.865. The summed E-state index contributed by atoms with van der Waals surface area (Å²) in [5, 5.41) is 0. The van der Waals surface area contributed by atoms with Crippen LogP contribution in [-0.4, -0.2) is 39.5 Å². The summed E-state index contributed by atoms with van der Waals surface area (Å²) < 4.78 is 14.7. The number of hydrogen-bond donors (Lipinski definition) is 0. The summed E-state index contributed by atoms with van der Waals surface area (Å²) in [5.41, 5.74) is 0. The third-order valence-electron chi connectivity index (χ3n) is 1.60. The Labute approximate surface area is 91.2 Å². The van der Waals surface area contributed by atoms with Crippen LogP contribution in [0, 0.1) is 0 Å². The van der Waals surface area contributed by atoms with E-state index < -0.39 is 0 Å². The monoisotopic (exact) mass is 216 g/mol. The van der Waals surface area contributed by atoms with Gasteiger partial charge in [0.15, 0.2) is 0 Å². The molecule has 0 aromatic rings. The number of allylic oxidation sites excluding steroid dienone is 1. The fraction of sp³-hybridized carbons (Fsp3) is 0.727. The Balaban J connectivity index is 3.22. The molecule has 0 N–H and O–H groups in total. The lowest BCUT2D eigenvalue weighted by atomic mass is 10.3. The lowest BCUT2D eigenvalue weighted by molar-refractivity contribution is -0.149. The van der Waals surface area contributed by atoms with Gasteiger partial charge in [-0.05, 0) is 12.8 Å². The summed E-state index contributed by atoms with van der Waals surface area (Å²) >= 11 is 0. The van der Waals surface area contributed by atoms with Gasteiger partial charge in [-0.3, -0.25) is 0 Å². The van der Waals surface area contributed by atoms with E-state index in [9.17, 15) is 4.79 Å². The first kappa shape index (κ1) is 14.1. The van der Waals surface area contributed by atoms with E-state index in [0.29, 0.717) is 19.8 Å². The quantitative estimate of drug-likeness (QED) is 0.333. The highest BCUT2D eigenvalue weighted by Crippen LogP contribution is 1.89.